The van der Waals surface area contributed by atoms with E-state index in [-0.39, 0.29) is 32.7 Å². The number of hydrogen-bond acceptors (Lipinski definition) is 10. The molecule has 4 aromatic rings. The summed E-state index contributed by atoms with van der Waals surface area (Å²) in [5.41, 5.74) is 1.05. The van der Waals surface area contributed by atoms with Crippen molar-refractivity contribution in [1.82, 2.24) is 4.98 Å². The Labute approximate surface area is 302 Å². The predicted molar refractivity (Wildman–Crippen MR) is 186 cm³/mol. The van der Waals surface area contributed by atoms with Crippen molar-refractivity contribution in [3.63, 3.8) is 0 Å². The number of carbonyl (C=O) groups is 1. The van der Waals surface area contributed by atoms with Gasteiger partial charge in [0.25, 0.3) is 0 Å². The van der Waals surface area contributed by atoms with Crippen LogP contribution >= 0.6 is 41.5 Å². The first-order chi connectivity index (χ1) is 23.3. The van der Waals surface area contributed by atoms with E-state index in [9.17, 15) is 18.8 Å². The van der Waals surface area contributed by atoms with Crippen LogP contribution in [0.4, 0.5) is 8.78 Å². The van der Waals surface area contributed by atoms with Gasteiger partial charge in [0.15, 0.2) is 5.15 Å². The molecule has 16 heteroatoms. The third-order valence-corrected chi connectivity index (χ3v) is 9.73. The lowest BCUT2D eigenvalue weighted by molar-refractivity contribution is -0.150. The molecule has 260 valence electrons. The van der Waals surface area contributed by atoms with Gasteiger partial charge in [0.05, 0.1) is 10.9 Å². The second-order valence-electron chi connectivity index (χ2n) is 10.1. The number of rotatable bonds is 13. The summed E-state index contributed by atoms with van der Waals surface area (Å²) in [6.45, 7) is -2.13. The lowest BCUT2D eigenvalue weighted by Crippen LogP contribution is -2.22. The molecule has 0 saturated carbocycles. The van der Waals surface area contributed by atoms with Crippen LogP contribution < -0.4 is 14.0 Å². The third kappa shape index (κ3) is 12.1. The zero-order valence-electron chi connectivity index (χ0n) is 26.4. The summed E-state index contributed by atoms with van der Waals surface area (Å²) in [5, 5.41) is 10.1. The largest absolute Gasteiger partial charge is 0.457 e. The van der Waals surface area contributed by atoms with Crippen molar-refractivity contribution < 1.29 is 41.4 Å². The summed E-state index contributed by atoms with van der Waals surface area (Å²) in [6.07, 6.45) is -1.14. The molecule has 1 unspecified atom stereocenters. The number of hydrogen-bond donors (Lipinski definition) is 0. The van der Waals surface area contributed by atoms with Gasteiger partial charge in [-0.1, -0.05) is 91.1 Å². The molecule has 4 rings (SSSR count). The zero-order valence-corrected chi connectivity index (χ0v) is 30.4. The second-order valence-corrected chi connectivity index (χ2v) is 14.4. The molecule has 0 spiro atoms. The van der Waals surface area contributed by atoms with Crippen molar-refractivity contribution in [2.24, 2.45) is 5.92 Å². The van der Waals surface area contributed by atoms with Gasteiger partial charge in [-0.25, -0.2) is 0 Å². The van der Waals surface area contributed by atoms with Crippen molar-refractivity contribution in [1.29, 1.82) is 5.26 Å². The monoisotopic (exact) mass is 772 g/mol. The molecule has 1 aromatic heterocycles. The molecule has 0 aliphatic heterocycles. The summed E-state index contributed by atoms with van der Waals surface area (Å²) in [6, 6.07) is 25.2. The van der Waals surface area contributed by atoms with E-state index in [1.807, 2.05) is 38.1 Å². The Balaban J connectivity index is 0.000000341. The maximum absolute atomic E-state index is 13.0. The minimum absolute atomic E-state index is 0.00486. The Hall–Kier alpha value is -3.53. The van der Waals surface area contributed by atoms with Crippen LogP contribution in [0.5, 0.6) is 23.1 Å². The Kier molecular flexibility index (Phi) is 15.5. The summed E-state index contributed by atoms with van der Waals surface area (Å²) in [7, 11) is 2.74. The standard InChI is InChI=1S/C26H23F2NO4.C7H7Cl3NO3PS/c1-17(2)24(18-11-13-21(14-12-18)32-26(27)28)25(30)33-23(16-29)19-7-6-10-22(15-19)31-20-8-4-3-5-9-20;1-12-15(16,13-2)14-7-5(9)3-4(8)6(10)11-7/h3-15,17,23-24,26H,1-2H3;3H,1-2H3/t23?,24-;/m0./s1. The van der Waals surface area contributed by atoms with Crippen LogP contribution in [0.15, 0.2) is 84.9 Å². The maximum atomic E-state index is 13.0. The van der Waals surface area contributed by atoms with Gasteiger partial charge in [0.1, 0.15) is 28.3 Å². The normalized spacial score (nSPS) is 12.3. The Morgan fingerprint density at radius 2 is 1.49 bits per heavy atom. The Morgan fingerprint density at radius 1 is 0.857 bits per heavy atom. The summed E-state index contributed by atoms with van der Waals surface area (Å²) in [4.78, 5) is 16.8. The van der Waals surface area contributed by atoms with Crippen molar-refractivity contribution >= 4 is 59.3 Å². The smallest absolute Gasteiger partial charge is 0.387 e. The lowest BCUT2D eigenvalue weighted by atomic mass is 9.88. The number of carbonyl (C=O) groups excluding carboxylic acids is 1. The van der Waals surface area contributed by atoms with Crippen LogP contribution in [0.1, 0.15) is 37.0 Å². The quantitative estimate of drug-likeness (QED) is 0.0740. The first-order valence-electron chi connectivity index (χ1n) is 14.2. The van der Waals surface area contributed by atoms with Gasteiger partial charge < -0.3 is 27.8 Å². The first kappa shape index (κ1) is 39.9. The third-order valence-electron chi connectivity index (χ3n) is 6.38. The van der Waals surface area contributed by atoms with Gasteiger partial charge >= 0.3 is 19.3 Å². The highest BCUT2D eigenvalue weighted by Gasteiger charge is 2.29. The molecule has 0 aliphatic carbocycles. The number of ether oxygens (including phenoxy) is 3. The number of alkyl halides is 2. The average molecular weight is 774 g/mol. The Morgan fingerprint density at radius 3 is 2.06 bits per heavy atom. The van der Waals surface area contributed by atoms with Crippen LogP contribution in [0.2, 0.25) is 15.2 Å². The molecule has 1 heterocycles. The molecule has 0 N–H and O–H groups in total. The fourth-order valence-electron chi connectivity index (χ4n) is 4.12. The van der Waals surface area contributed by atoms with E-state index in [0.29, 0.717) is 22.6 Å². The van der Waals surface area contributed by atoms with Crippen molar-refractivity contribution in [2.45, 2.75) is 32.5 Å². The predicted octanol–water partition coefficient (Wildman–Crippen LogP) is 10.6. The van der Waals surface area contributed by atoms with Crippen molar-refractivity contribution in [2.75, 3.05) is 14.2 Å². The van der Waals surface area contributed by atoms with E-state index in [1.54, 1.807) is 48.5 Å². The number of nitriles is 1. The lowest BCUT2D eigenvalue weighted by Gasteiger charge is -2.22. The average Bonchev–Trinajstić information content (AvgIpc) is 3.07. The molecular formula is C33H30Cl3F2N2O7PS. The molecular weight excluding hydrogens is 744 g/mol. The maximum Gasteiger partial charge on any atom is 0.387 e. The highest BCUT2D eigenvalue weighted by molar-refractivity contribution is 8.07. The van der Waals surface area contributed by atoms with Crippen LogP contribution in [0.3, 0.4) is 0 Å². The molecule has 0 amide bonds. The van der Waals surface area contributed by atoms with E-state index >= 15 is 0 Å². The molecule has 0 saturated heterocycles. The molecule has 9 nitrogen and oxygen atoms in total. The molecule has 2 atom stereocenters. The first-order valence-corrected chi connectivity index (χ1v) is 17.9. The van der Waals surface area contributed by atoms with Gasteiger partial charge in [-0.3, -0.25) is 4.79 Å². The summed E-state index contributed by atoms with van der Waals surface area (Å²) >= 11 is 22.3. The van der Waals surface area contributed by atoms with E-state index < -0.39 is 31.3 Å². The van der Waals surface area contributed by atoms with E-state index in [0.717, 1.165) is 0 Å². The molecule has 49 heavy (non-hydrogen) atoms. The Bertz CT molecular complexity index is 1780. The number of benzene rings is 3. The van der Waals surface area contributed by atoms with Gasteiger partial charge in [0, 0.05) is 31.6 Å². The fraction of sp³-hybridized carbons (Fsp3) is 0.242. The van der Waals surface area contributed by atoms with Crippen LogP contribution in [0.25, 0.3) is 0 Å². The van der Waals surface area contributed by atoms with Gasteiger partial charge in [0.2, 0.25) is 12.0 Å². The van der Waals surface area contributed by atoms with Crippen molar-refractivity contribution in [3.8, 4) is 29.2 Å². The number of para-hydroxylation sites is 1. The van der Waals surface area contributed by atoms with Gasteiger partial charge in [-0.05, 0) is 53.9 Å². The number of halogens is 5. The molecule has 0 aliphatic rings. The van der Waals surface area contributed by atoms with E-state index in [2.05, 4.69) is 9.72 Å². The van der Waals surface area contributed by atoms with Crippen LogP contribution in [-0.4, -0.2) is 31.8 Å². The highest BCUT2D eigenvalue weighted by Crippen LogP contribution is 2.49. The number of aromatic nitrogens is 1. The molecule has 0 radical (unpaired) electrons. The SMILES string of the molecule is CC(C)[C@H](C(=O)OC(C#N)c1cccc(Oc2ccccc2)c1)c1ccc(OC(F)F)cc1.COP(=S)(OC)Oc1nc(Cl)c(Cl)cc1Cl. The van der Waals surface area contributed by atoms with Crippen LogP contribution in [-0.2, 0) is 30.4 Å². The fourth-order valence-corrected chi connectivity index (χ4v) is 5.56. The minimum Gasteiger partial charge on any atom is -0.457 e. The van der Waals surface area contributed by atoms with Crippen LogP contribution in [0, 0.1) is 17.2 Å². The highest BCUT2D eigenvalue weighted by atomic mass is 35.5. The number of pyridine rings is 1. The molecule has 3 aromatic carbocycles. The summed E-state index contributed by atoms with van der Waals surface area (Å²) < 4.78 is 55.6. The minimum atomic E-state index is -2.93. The van der Waals surface area contributed by atoms with E-state index in [1.165, 1.54) is 32.4 Å². The second kappa shape index (κ2) is 19.0. The van der Waals surface area contributed by atoms with Gasteiger partial charge in [-0.15, -0.1) is 0 Å². The molecule has 0 fully saturated rings. The number of nitrogens with zero attached hydrogens (tertiary/aromatic N) is 2. The van der Waals surface area contributed by atoms with Gasteiger partial charge in [-0.2, -0.15) is 19.0 Å². The topological polar surface area (TPSA) is 109 Å². The molecule has 0 bridgehead atoms. The number of esters is 1. The summed E-state index contributed by atoms with van der Waals surface area (Å²) in [5.74, 6) is -0.271. The van der Waals surface area contributed by atoms with E-state index in [4.69, 9.17) is 69.7 Å². The zero-order chi connectivity index (χ0) is 36.1. The van der Waals surface area contributed by atoms with Crippen molar-refractivity contribution in [3.05, 3.63) is 111 Å².